The third-order valence-electron chi connectivity index (χ3n) is 13.6. The molecule has 9 aliphatic rings. The number of rotatable bonds is 6. The topological polar surface area (TPSA) is 238 Å². The van der Waals surface area contributed by atoms with E-state index in [4.69, 9.17) is 73.7 Å². The van der Waals surface area contributed by atoms with Gasteiger partial charge in [-0.15, -0.1) is 12.6 Å². The highest BCUT2D eigenvalue weighted by Crippen LogP contribution is 2.51. The highest BCUT2D eigenvalue weighted by Gasteiger charge is 2.58. The Morgan fingerprint density at radius 1 is 0.571 bits per heavy atom. The Kier molecular flexibility index (Phi) is 16.7. The predicted octanol–water partition coefficient (Wildman–Crippen LogP) is 4.35. The van der Waals surface area contributed by atoms with E-state index in [1.807, 2.05) is 116 Å². The molecule has 1 unspecified atom stereocenters. The maximum Gasteiger partial charge on any atom is 0.425 e. The number of benzene rings is 2. The van der Waals surface area contributed by atoms with Gasteiger partial charge in [0.2, 0.25) is 0 Å². The van der Waals surface area contributed by atoms with E-state index in [0.29, 0.717) is 25.6 Å². The molecule has 2 aromatic rings. The van der Waals surface area contributed by atoms with Crippen LogP contribution in [0.5, 0.6) is 0 Å². The number of fused-ring (bicyclic) bond motifs is 3. The summed E-state index contributed by atoms with van der Waals surface area (Å²) in [5, 5.41) is 12.8. The summed E-state index contributed by atoms with van der Waals surface area (Å²) in [6.45, 7) is 17.1. The lowest BCUT2D eigenvalue weighted by molar-refractivity contribution is -0.475. The van der Waals surface area contributed by atoms with Gasteiger partial charge in [-0.2, -0.15) is 8.42 Å². The van der Waals surface area contributed by atoms with Crippen LogP contribution in [0.25, 0.3) is 0 Å². The van der Waals surface area contributed by atoms with Crippen molar-refractivity contribution in [2.24, 2.45) is 17.8 Å². The van der Waals surface area contributed by atoms with Gasteiger partial charge in [-0.25, -0.2) is 8.37 Å². The minimum atomic E-state index is -3.90. The average molecular weight is 1030 g/mol. The molecule has 2 aromatic carbocycles. The fourth-order valence-corrected chi connectivity index (χ4v) is 11.7. The van der Waals surface area contributed by atoms with Crippen molar-refractivity contribution in [1.82, 2.24) is 0 Å². The predicted molar refractivity (Wildman–Crippen MR) is 240 cm³/mol. The molecule has 0 spiro atoms. The van der Waals surface area contributed by atoms with Gasteiger partial charge in [0.15, 0.2) is 35.7 Å². The molecule has 0 N–H and O–H groups in total. The molecule has 15 atom stereocenters. The summed E-state index contributed by atoms with van der Waals surface area (Å²) in [4.78, 5) is 0. The van der Waals surface area contributed by atoms with Crippen LogP contribution < -0.4 is 5.11 Å². The second-order valence-electron chi connectivity index (χ2n) is 20.6. The Hall–Kier alpha value is -2.59. The summed E-state index contributed by atoms with van der Waals surface area (Å²) in [5.74, 6) is -1.43. The van der Waals surface area contributed by atoms with Crippen LogP contribution in [0.3, 0.4) is 0 Å². The van der Waals surface area contributed by atoms with E-state index < -0.39 is 81.2 Å². The second kappa shape index (κ2) is 21.7. The number of ether oxygens (including phenoxy) is 12. The zero-order valence-electron chi connectivity index (χ0n) is 40.8. The first-order chi connectivity index (χ1) is 32.9. The van der Waals surface area contributed by atoms with Crippen LogP contribution in [0.1, 0.15) is 105 Å². The molecular weight excluding hydrogens is 961 g/mol. The molecule has 0 amide bonds. The van der Waals surface area contributed by atoms with Crippen molar-refractivity contribution in [3.63, 3.8) is 0 Å². The molecule has 0 radical (unpaired) electrons. The van der Waals surface area contributed by atoms with Crippen LogP contribution in [0.15, 0.2) is 60.7 Å². The van der Waals surface area contributed by atoms with Crippen LogP contribution >= 0.6 is 0 Å². The maximum atomic E-state index is 12.8. The standard InChI is InChI=1S/C24H33O7.C13H22O4.C11H12O6S.O3S/c1-23(2)27-13-19(30-23)20-15(11-18-21(20)31-24(3,4)29-18)10-17-16(25)12-26-22(28-17)14-8-6-5-7-9-14;1-12(2)14-7-10(16-12)8-5-6-9-11(8)17-13(3,4)15-9;12-18(13)15-7-9-10(17-18)6-14-11(16-9)8-4-2-1-3-5-8;1-4(2)3/h5-9,15-22H,10-13H2,1-4H3;8-11H,5-7H2,1-4H3;1-5,9-11H,6-7H2;/q-1;;;/t15-,16+,17-,18+,19-,20-,21+,22?;8-,9+,10-,11-;9-,10+,11+;/m111./s1. The first-order valence-corrected chi connectivity index (χ1v) is 26.3. The summed E-state index contributed by atoms with van der Waals surface area (Å²) < 4.78 is 128. The van der Waals surface area contributed by atoms with E-state index in [-0.39, 0.29) is 68.3 Å². The van der Waals surface area contributed by atoms with Gasteiger partial charge in [0.25, 0.3) is 0 Å². The van der Waals surface area contributed by atoms with Crippen molar-refractivity contribution in [2.45, 2.75) is 178 Å². The van der Waals surface area contributed by atoms with E-state index in [0.717, 1.165) is 30.4 Å². The monoisotopic (exact) mass is 1030 g/mol. The average Bonchev–Trinajstić information content (AvgIpc) is 4.13. The molecule has 7 heterocycles. The molecule has 22 heteroatoms. The molecule has 0 aromatic heterocycles. The summed E-state index contributed by atoms with van der Waals surface area (Å²) in [7, 11) is -7.01. The van der Waals surface area contributed by atoms with Crippen LogP contribution in [0.4, 0.5) is 0 Å². The van der Waals surface area contributed by atoms with E-state index >= 15 is 0 Å². The number of hydrogen-bond acceptors (Lipinski definition) is 20. The normalized spacial score (nSPS) is 40.2. The lowest BCUT2D eigenvalue weighted by atomic mass is 9.84. The lowest BCUT2D eigenvalue weighted by Gasteiger charge is -2.42. The zero-order chi connectivity index (χ0) is 50.2. The summed E-state index contributed by atoms with van der Waals surface area (Å²) in [6.07, 6.45) is 0.566. The molecule has 9 fully saturated rings. The summed E-state index contributed by atoms with van der Waals surface area (Å²) >= 11 is 0. The molecule has 70 heavy (non-hydrogen) atoms. The van der Waals surface area contributed by atoms with Gasteiger partial charge < -0.3 is 61.9 Å². The van der Waals surface area contributed by atoms with Crippen molar-refractivity contribution in [3.8, 4) is 0 Å². The van der Waals surface area contributed by atoms with Crippen molar-refractivity contribution in [3.05, 3.63) is 71.8 Å². The van der Waals surface area contributed by atoms with Crippen molar-refractivity contribution in [1.29, 1.82) is 0 Å². The van der Waals surface area contributed by atoms with Crippen LogP contribution in [0, 0.1) is 17.8 Å². The van der Waals surface area contributed by atoms with Crippen LogP contribution in [0.2, 0.25) is 0 Å². The van der Waals surface area contributed by atoms with Gasteiger partial charge in [0.05, 0.1) is 69.2 Å². The van der Waals surface area contributed by atoms with E-state index in [1.54, 1.807) is 0 Å². The molecule has 392 valence electrons. The Labute approximate surface area is 411 Å². The third-order valence-corrected chi connectivity index (χ3v) is 14.5. The summed E-state index contributed by atoms with van der Waals surface area (Å²) in [6, 6.07) is 19.2. The molecular formula is C48H67O20S2-. The van der Waals surface area contributed by atoms with E-state index in [9.17, 15) is 13.5 Å². The van der Waals surface area contributed by atoms with Crippen LogP contribution in [-0.2, 0) is 86.2 Å². The van der Waals surface area contributed by atoms with Crippen molar-refractivity contribution >= 4 is 21.0 Å². The number of hydrogen-bond donors (Lipinski definition) is 0. The Balaban J connectivity index is 0.000000144. The lowest BCUT2D eigenvalue weighted by Crippen LogP contribution is -2.50. The van der Waals surface area contributed by atoms with Crippen molar-refractivity contribution < 1.29 is 91.4 Å². The van der Waals surface area contributed by atoms with Gasteiger partial charge >= 0.3 is 21.0 Å². The minimum absolute atomic E-state index is 0.00725. The first kappa shape index (κ1) is 53.7. The van der Waals surface area contributed by atoms with Gasteiger partial charge in [0, 0.05) is 29.6 Å². The second-order valence-corrected chi connectivity index (χ2v) is 22.3. The molecule has 0 bridgehead atoms. The zero-order valence-corrected chi connectivity index (χ0v) is 42.4. The Bertz CT molecular complexity index is 2260. The molecule has 7 aliphatic heterocycles. The summed E-state index contributed by atoms with van der Waals surface area (Å²) in [5.41, 5.74) is 1.81. The van der Waals surface area contributed by atoms with Crippen LogP contribution in [-0.4, -0.2) is 138 Å². The van der Waals surface area contributed by atoms with Crippen molar-refractivity contribution in [2.75, 3.05) is 33.0 Å². The largest absolute Gasteiger partial charge is 0.848 e. The Morgan fingerprint density at radius 2 is 1.10 bits per heavy atom. The highest BCUT2D eigenvalue weighted by molar-refractivity contribution is 7.81. The van der Waals surface area contributed by atoms with E-state index in [2.05, 4.69) is 4.18 Å². The fourth-order valence-electron chi connectivity index (χ4n) is 10.9. The highest BCUT2D eigenvalue weighted by atomic mass is 32.3. The van der Waals surface area contributed by atoms with Gasteiger partial charge in [-0.05, 0) is 87.0 Å². The van der Waals surface area contributed by atoms with Gasteiger partial charge in [-0.3, -0.25) is 0 Å². The van der Waals surface area contributed by atoms with E-state index in [1.165, 1.54) is 0 Å². The van der Waals surface area contributed by atoms with Gasteiger partial charge in [0.1, 0.15) is 12.2 Å². The molecule has 20 nitrogen and oxygen atoms in total. The fraction of sp³-hybridized carbons (Fsp3) is 0.750. The third kappa shape index (κ3) is 13.6. The first-order valence-electron chi connectivity index (χ1n) is 23.9. The Morgan fingerprint density at radius 3 is 1.69 bits per heavy atom. The smallest absolute Gasteiger partial charge is 0.425 e. The molecule has 11 rings (SSSR count). The molecule has 2 aliphatic carbocycles. The van der Waals surface area contributed by atoms with Gasteiger partial charge in [-0.1, -0.05) is 66.8 Å². The molecule has 2 saturated carbocycles. The molecule has 7 saturated heterocycles. The SMILES string of the molecule is CC1(C)O[C@@H]2[C@@H]([C@H]3COC(C)(C)O3)CC[C@@H]2O1.CC1(C)O[C@@H]2[C@@H]([C@H]3COC(C)(C)O3)[C@H](C[C@H]3OC(c4ccccc4)OC[C@@H]3[O-])C[C@@H]2O1.O=S(=O)=O.O=S1(=O)OC[C@H]2O[C@@H](c3ccccc3)OC[C@@H]2O1. The maximum absolute atomic E-state index is 12.8. The minimum Gasteiger partial charge on any atom is -0.848 e. The quantitative estimate of drug-likeness (QED) is 0.391.